The van der Waals surface area contributed by atoms with E-state index in [0.717, 1.165) is 11.8 Å². The highest BCUT2D eigenvalue weighted by molar-refractivity contribution is 7.92. The highest BCUT2D eigenvalue weighted by Crippen LogP contribution is 2.30. The normalized spacial score (nSPS) is 15.1. The summed E-state index contributed by atoms with van der Waals surface area (Å²) in [6.45, 7) is 0.469. The van der Waals surface area contributed by atoms with Crippen molar-refractivity contribution in [2.75, 3.05) is 17.1 Å². The number of rotatable bonds is 2. The van der Waals surface area contributed by atoms with E-state index in [9.17, 15) is 13.2 Å². The van der Waals surface area contributed by atoms with Crippen LogP contribution >= 0.6 is 0 Å². The van der Waals surface area contributed by atoms with Crippen molar-refractivity contribution in [3.63, 3.8) is 0 Å². The van der Waals surface area contributed by atoms with Crippen LogP contribution in [-0.4, -0.2) is 27.5 Å². The number of sulfonamides is 1. The van der Waals surface area contributed by atoms with Gasteiger partial charge in [0.2, 0.25) is 10.0 Å². The summed E-state index contributed by atoms with van der Waals surface area (Å²) in [5.74, 6) is 0. The number of fused-ring (bicyclic) bond motifs is 1. The molecule has 80 valence electrons. The quantitative estimate of drug-likeness (QED) is 0.700. The SMILES string of the molecule is CS(=O)(=O)N1CCc2cc(C=O)ccc21. The molecule has 0 saturated carbocycles. The Balaban J connectivity index is 2.49. The van der Waals surface area contributed by atoms with Crippen LogP contribution in [0.3, 0.4) is 0 Å². The Morgan fingerprint density at radius 2 is 2.13 bits per heavy atom. The van der Waals surface area contributed by atoms with Crippen molar-refractivity contribution in [3.8, 4) is 0 Å². The van der Waals surface area contributed by atoms with Gasteiger partial charge >= 0.3 is 0 Å². The Bertz CT molecular complexity index is 507. The fourth-order valence-electron chi connectivity index (χ4n) is 1.81. The molecule has 0 radical (unpaired) electrons. The summed E-state index contributed by atoms with van der Waals surface area (Å²) in [6, 6.07) is 5.07. The third-order valence-corrected chi connectivity index (χ3v) is 3.67. The first-order valence-corrected chi connectivity index (χ1v) is 6.43. The average Bonchev–Trinajstić information content (AvgIpc) is 2.59. The van der Waals surface area contributed by atoms with E-state index in [1.54, 1.807) is 18.2 Å². The van der Waals surface area contributed by atoms with Crippen LogP contribution in [0, 0.1) is 0 Å². The summed E-state index contributed by atoms with van der Waals surface area (Å²) in [5.41, 5.74) is 2.21. The molecule has 4 nitrogen and oxygen atoms in total. The van der Waals surface area contributed by atoms with Crippen LogP contribution in [-0.2, 0) is 16.4 Å². The second-order valence-corrected chi connectivity index (χ2v) is 5.50. The number of carbonyl (C=O) groups excluding carboxylic acids is 1. The second kappa shape index (κ2) is 3.34. The lowest BCUT2D eigenvalue weighted by molar-refractivity contribution is 0.112. The van der Waals surface area contributed by atoms with Crippen LogP contribution in [0.5, 0.6) is 0 Å². The standard InChI is InChI=1S/C10H11NO3S/c1-15(13,14)11-5-4-9-6-8(7-12)2-3-10(9)11/h2-3,6-7H,4-5H2,1H3. The first-order chi connectivity index (χ1) is 7.02. The van der Waals surface area contributed by atoms with Gasteiger partial charge in [0, 0.05) is 12.1 Å². The zero-order valence-corrected chi connectivity index (χ0v) is 9.12. The minimum atomic E-state index is -3.19. The maximum atomic E-state index is 11.4. The van der Waals surface area contributed by atoms with E-state index in [1.807, 2.05) is 0 Å². The number of anilines is 1. The van der Waals surface area contributed by atoms with Gasteiger partial charge in [-0.3, -0.25) is 9.10 Å². The molecule has 0 spiro atoms. The Labute approximate surface area is 88.6 Å². The minimum Gasteiger partial charge on any atom is -0.298 e. The van der Waals surface area contributed by atoms with Crippen LogP contribution in [0.2, 0.25) is 0 Å². The summed E-state index contributed by atoms with van der Waals surface area (Å²) >= 11 is 0. The van der Waals surface area contributed by atoms with Gasteiger partial charge in [-0.25, -0.2) is 8.42 Å². The lowest BCUT2D eigenvalue weighted by Crippen LogP contribution is -2.27. The van der Waals surface area contributed by atoms with E-state index >= 15 is 0 Å². The Morgan fingerprint density at radius 1 is 1.40 bits per heavy atom. The summed E-state index contributed by atoms with van der Waals surface area (Å²) < 4.78 is 24.2. The zero-order chi connectivity index (χ0) is 11.1. The van der Waals surface area contributed by atoms with Gasteiger partial charge in [0.25, 0.3) is 0 Å². The van der Waals surface area contributed by atoms with Crippen molar-refractivity contribution in [3.05, 3.63) is 29.3 Å². The van der Waals surface area contributed by atoms with Crippen molar-refractivity contribution >= 4 is 22.0 Å². The van der Waals surface area contributed by atoms with Crippen molar-refractivity contribution in [2.45, 2.75) is 6.42 Å². The van der Waals surface area contributed by atoms with Gasteiger partial charge in [0.05, 0.1) is 11.9 Å². The monoisotopic (exact) mass is 225 g/mol. The number of hydrogen-bond acceptors (Lipinski definition) is 3. The van der Waals surface area contributed by atoms with Gasteiger partial charge in [-0.15, -0.1) is 0 Å². The minimum absolute atomic E-state index is 0.469. The molecule has 0 saturated heterocycles. The number of hydrogen-bond donors (Lipinski definition) is 0. The Hall–Kier alpha value is -1.36. The van der Waals surface area contributed by atoms with E-state index in [2.05, 4.69) is 0 Å². The molecule has 0 N–H and O–H groups in total. The molecule has 1 aliphatic rings. The van der Waals surface area contributed by atoms with E-state index in [1.165, 1.54) is 10.6 Å². The predicted molar refractivity (Wildman–Crippen MR) is 57.7 cm³/mol. The highest BCUT2D eigenvalue weighted by Gasteiger charge is 2.25. The number of aldehydes is 1. The second-order valence-electron chi connectivity index (χ2n) is 3.59. The molecule has 0 atom stereocenters. The molecule has 0 amide bonds. The average molecular weight is 225 g/mol. The number of carbonyl (C=O) groups is 1. The van der Waals surface area contributed by atoms with Crippen LogP contribution in [0.15, 0.2) is 18.2 Å². The van der Waals surface area contributed by atoms with Gasteiger partial charge in [0.1, 0.15) is 6.29 Å². The molecular weight excluding hydrogens is 214 g/mol. The molecule has 1 heterocycles. The van der Waals surface area contributed by atoms with Crippen LogP contribution in [0.4, 0.5) is 5.69 Å². The topological polar surface area (TPSA) is 54.5 Å². The summed E-state index contributed by atoms with van der Waals surface area (Å²) in [6.07, 6.45) is 2.63. The molecule has 15 heavy (non-hydrogen) atoms. The Morgan fingerprint density at radius 3 is 2.73 bits per heavy atom. The smallest absolute Gasteiger partial charge is 0.232 e. The van der Waals surface area contributed by atoms with E-state index in [0.29, 0.717) is 24.2 Å². The largest absolute Gasteiger partial charge is 0.298 e. The molecule has 0 aliphatic carbocycles. The predicted octanol–water partition coefficient (Wildman–Crippen LogP) is 0.821. The molecule has 1 aromatic carbocycles. The molecule has 1 aromatic rings. The summed E-state index contributed by atoms with van der Waals surface area (Å²) in [4.78, 5) is 10.6. The summed E-state index contributed by atoms with van der Waals surface area (Å²) in [5, 5.41) is 0. The van der Waals surface area contributed by atoms with Crippen LogP contribution in [0.1, 0.15) is 15.9 Å². The van der Waals surface area contributed by atoms with Gasteiger partial charge in [-0.1, -0.05) is 0 Å². The third-order valence-electron chi connectivity index (χ3n) is 2.49. The molecule has 1 aliphatic heterocycles. The molecular formula is C10H11NO3S. The number of benzene rings is 1. The first-order valence-electron chi connectivity index (χ1n) is 4.58. The maximum absolute atomic E-state index is 11.4. The zero-order valence-electron chi connectivity index (χ0n) is 8.30. The molecule has 0 aromatic heterocycles. The number of nitrogens with zero attached hydrogens (tertiary/aromatic N) is 1. The lowest BCUT2D eigenvalue weighted by Gasteiger charge is -2.16. The van der Waals surface area contributed by atoms with Gasteiger partial charge in [-0.05, 0) is 30.2 Å². The fourth-order valence-corrected chi connectivity index (χ4v) is 2.77. The fraction of sp³-hybridized carbons (Fsp3) is 0.300. The van der Waals surface area contributed by atoms with Crippen LogP contribution in [0.25, 0.3) is 0 Å². The van der Waals surface area contributed by atoms with Crippen molar-refractivity contribution in [2.24, 2.45) is 0 Å². The van der Waals surface area contributed by atoms with Gasteiger partial charge in [-0.2, -0.15) is 0 Å². The molecule has 0 bridgehead atoms. The van der Waals surface area contributed by atoms with Crippen molar-refractivity contribution < 1.29 is 13.2 Å². The van der Waals surface area contributed by atoms with E-state index in [-0.39, 0.29) is 0 Å². The molecule has 0 unspecified atom stereocenters. The van der Waals surface area contributed by atoms with E-state index in [4.69, 9.17) is 0 Å². The molecule has 0 fully saturated rings. The van der Waals surface area contributed by atoms with Crippen molar-refractivity contribution in [1.29, 1.82) is 0 Å². The van der Waals surface area contributed by atoms with Gasteiger partial charge in [0.15, 0.2) is 0 Å². The highest BCUT2D eigenvalue weighted by atomic mass is 32.2. The maximum Gasteiger partial charge on any atom is 0.232 e. The lowest BCUT2D eigenvalue weighted by atomic mass is 10.1. The molecule has 5 heteroatoms. The van der Waals surface area contributed by atoms with Crippen molar-refractivity contribution in [1.82, 2.24) is 0 Å². The van der Waals surface area contributed by atoms with Crippen LogP contribution < -0.4 is 4.31 Å². The van der Waals surface area contributed by atoms with E-state index < -0.39 is 10.0 Å². The molecule has 2 rings (SSSR count). The first kappa shape index (κ1) is 10.2. The Kier molecular flexibility index (Phi) is 2.26. The van der Waals surface area contributed by atoms with Gasteiger partial charge < -0.3 is 0 Å². The summed E-state index contributed by atoms with van der Waals surface area (Å²) in [7, 11) is -3.19. The third kappa shape index (κ3) is 1.74.